The minimum atomic E-state index is -0.397. The van der Waals surface area contributed by atoms with Crippen LogP contribution in [0.5, 0.6) is 0 Å². The van der Waals surface area contributed by atoms with E-state index in [0.29, 0.717) is 32.2 Å². The van der Waals surface area contributed by atoms with Crippen molar-refractivity contribution in [2.45, 2.75) is 37.8 Å². The van der Waals surface area contributed by atoms with Crippen molar-refractivity contribution in [1.29, 1.82) is 0 Å². The summed E-state index contributed by atoms with van der Waals surface area (Å²) < 4.78 is 5.22. The number of morpholine rings is 1. The molecule has 0 aromatic heterocycles. The van der Waals surface area contributed by atoms with E-state index in [-0.39, 0.29) is 11.9 Å². The molecule has 3 N–H and O–H groups in total. The summed E-state index contributed by atoms with van der Waals surface area (Å²) in [6.07, 6.45) is 4.18. The van der Waals surface area contributed by atoms with E-state index >= 15 is 0 Å². The highest BCUT2D eigenvalue weighted by molar-refractivity contribution is 5.82. The summed E-state index contributed by atoms with van der Waals surface area (Å²) in [7, 11) is 0. The highest BCUT2D eigenvalue weighted by atomic mass is 16.5. The zero-order valence-electron chi connectivity index (χ0n) is 10.2. The monoisotopic (exact) mass is 242 g/mol. The van der Waals surface area contributed by atoms with Crippen LogP contribution in [0.25, 0.3) is 0 Å². The highest BCUT2D eigenvalue weighted by Crippen LogP contribution is 2.27. The second-order valence-corrected chi connectivity index (χ2v) is 4.94. The van der Waals surface area contributed by atoms with Crippen LogP contribution >= 0.6 is 0 Å². The lowest BCUT2D eigenvalue weighted by Crippen LogP contribution is -2.52. The summed E-state index contributed by atoms with van der Waals surface area (Å²) in [5.74, 6) is 0.299. The molecular formula is C12H22N2O3. The number of aliphatic hydroxyl groups excluding tert-OH is 1. The van der Waals surface area contributed by atoms with Crippen LogP contribution in [-0.4, -0.2) is 49.5 Å². The molecule has 2 fully saturated rings. The van der Waals surface area contributed by atoms with Crippen molar-refractivity contribution in [3.63, 3.8) is 0 Å². The normalized spacial score (nSPS) is 27.9. The molecule has 0 spiro atoms. The van der Waals surface area contributed by atoms with Crippen molar-refractivity contribution < 1.29 is 14.6 Å². The molecule has 0 bridgehead atoms. The molecule has 1 saturated heterocycles. The van der Waals surface area contributed by atoms with E-state index in [9.17, 15) is 9.90 Å². The molecule has 5 nitrogen and oxygen atoms in total. The Bertz CT molecular complexity index is 248. The van der Waals surface area contributed by atoms with E-state index in [1.165, 1.54) is 12.8 Å². The number of carbonyl (C=O) groups is 1. The molecule has 2 aliphatic rings. The zero-order valence-corrected chi connectivity index (χ0v) is 10.2. The van der Waals surface area contributed by atoms with Gasteiger partial charge in [-0.05, 0) is 18.8 Å². The molecule has 2 unspecified atom stereocenters. The summed E-state index contributed by atoms with van der Waals surface area (Å²) in [5, 5.41) is 15.8. The standard InChI is InChI=1S/C12H22N2O3/c15-11(9-3-1-2-4-9)7-14-12(16)10-8-17-6-5-13-10/h9-11,13,15H,1-8H2,(H,14,16). The molecule has 2 rings (SSSR count). The third-order valence-electron chi connectivity index (χ3n) is 3.67. The van der Waals surface area contributed by atoms with Crippen molar-refractivity contribution in [3.8, 4) is 0 Å². The van der Waals surface area contributed by atoms with Crippen LogP contribution in [0.4, 0.5) is 0 Å². The van der Waals surface area contributed by atoms with Gasteiger partial charge in [0.15, 0.2) is 0 Å². The lowest BCUT2D eigenvalue weighted by atomic mass is 10.0. The fourth-order valence-electron chi connectivity index (χ4n) is 2.57. The number of hydrogen-bond acceptors (Lipinski definition) is 4. The Balaban J connectivity index is 1.67. The molecule has 1 aliphatic heterocycles. The summed E-state index contributed by atoms with van der Waals surface area (Å²) in [6, 6.07) is -0.264. The van der Waals surface area contributed by atoms with E-state index in [0.717, 1.165) is 12.8 Å². The highest BCUT2D eigenvalue weighted by Gasteiger charge is 2.25. The number of rotatable bonds is 4. The molecule has 1 aliphatic carbocycles. The number of carbonyl (C=O) groups excluding carboxylic acids is 1. The summed E-state index contributed by atoms with van der Waals surface area (Å²) in [6.45, 7) is 2.16. The Labute approximate surface area is 102 Å². The van der Waals surface area contributed by atoms with Gasteiger partial charge in [-0.3, -0.25) is 4.79 Å². The van der Waals surface area contributed by atoms with E-state index in [4.69, 9.17) is 4.74 Å². The average Bonchev–Trinajstić information content (AvgIpc) is 2.90. The van der Waals surface area contributed by atoms with Gasteiger partial charge < -0.3 is 20.5 Å². The largest absolute Gasteiger partial charge is 0.391 e. The van der Waals surface area contributed by atoms with Crippen molar-refractivity contribution in [2.24, 2.45) is 5.92 Å². The zero-order chi connectivity index (χ0) is 12.1. The molecule has 98 valence electrons. The Morgan fingerprint density at radius 2 is 2.24 bits per heavy atom. The first-order valence-corrected chi connectivity index (χ1v) is 6.54. The molecular weight excluding hydrogens is 220 g/mol. The Morgan fingerprint density at radius 3 is 2.88 bits per heavy atom. The van der Waals surface area contributed by atoms with Gasteiger partial charge in [-0.15, -0.1) is 0 Å². The van der Waals surface area contributed by atoms with Gasteiger partial charge in [0.25, 0.3) is 0 Å². The second-order valence-electron chi connectivity index (χ2n) is 4.94. The summed E-state index contributed by atoms with van der Waals surface area (Å²) in [5.41, 5.74) is 0. The first-order chi connectivity index (χ1) is 8.27. The van der Waals surface area contributed by atoms with Crippen LogP contribution in [0.1, 0.15) is 25.7 Å². The Morgan fingerprint density at radius 1 is 1.47 bits per heavy atom. The number of nitrogens with one attached hydrogen (secondary N) is 2. The molecule has 1 saturated carbocycles. The van der Waals surface area contributed by atoms with Gasteiger partial charge in [0, 0.05) is 13.1 Å². The SMILES string of the molecule is O=C(NCC(O)C1CCCC1)C1COCCN1. The van der Waals surface area contributed by atoms with Crippen LogP contribution in [-0.2, 0) is 9.53 Å². The maximum Gasteiger partial charge on any atom is 0.239 e. The van der Waals surface area contributed by atoms with Crippen LogP contribution in [0.3, 0.4) is 0 Å². The van der Waals surface area contributed by atoms with Gasteiger partial charge in [-0.2, -0.15) is 0 Å². The number of amides is 1. The molecule has 0 aromatic carbocycles. The van der Waals surface area contributed by atoms with Gasteiger partial charge in [0.05, 0.1) is 19.3 Å². The van der Waals surface area contributed by atoms with Gasteiger partial charge in [0.1, 0.15) is 6.04 Å². The minimum absolute atomic E-state index is 0.0678. The third kappa shape index (κ3) is 3.66. The third-order valence-corrected chi connectivity index (χ3v) is 3.67. The molecule has 2 atom stereocenters. The van der Waals surface area contributed by atoms with E-state index < -0.39 is 6.10 Å². The minimum Gasteiger partial charge on any atom is -0.391 e. The number of ether oxygens (including phenoxy) is 1. The summed E-state index contributed by atoms with van der Waals surface area (Å²) in [4.78, 5) is 11.8. The first-order valence-electron chi connectivity index (χ1n) is 6.54. The fourth-order valence-corrected chi connectivity index (χ4v) is 2.57. The summed E-state index contributed by atoms with van der Waals surface area (Å²) >= 11 is 0. The van der Waals surface area contributed by atoms with Gasteiger partial charge in [0.2, 0.25) is 5.91 Å². The van der Waals surface area contributed by atoms with Crippen molar-refractivity contribution in [3.05, 3.63) is 0 Å². The van der Waals surface area contributed by atoms with Crippen molar-refractivity contribution >= 4 is 5.91 Å². The predicted octanol–water partition coefficient (Wildman–Crippen LogP) is -0.358. The van der Waals surface area contributed by atoms with Gasteiger partial charge in [-0.25, -0.2) is 0 Å². The van der Waals surface area contributed by atoms with Crippen LogP contribution in [0, 0.1) is 5.92 Å². The molecule has 0 aromatic rings. The fraction of sp³-hybridized carbons (Fsp3) is 0.917. The maximum atomic E-state index is 11.8. The first kappa shape index (κ1) is 12.8. The number of hydrogen-bond donors (Lipinski definition) is 3. The van der Waals surface area contributed by atoms with Crippen LogP contribution in [0.15, 0.2) is 0 Å². The van der Waals surface area contributed by atoms with E-state index in [1.807, 2.05) is 0 Å². The predicted molar refractivity (Wildman–Crippen MR) is 63.6 cm³/mol. The molecule has 5 heteroatoms. The maximum absolute atomic E-state index is 11.8. The molecule has 1 amide bonds. The van der Waals surface area contributed by atoms with Gasteiger partial charge >= 0.3 is 0 Å². The smallest absolute Gasteiger partial charge is 0.239 e. The van der Waals surface area contributed by atoms with Crippen LogP contribution in [0.2, 0.25) is 0 Å². The average molecular weight is 242 g/mol. The topological polar surface area (TPSA) is 70.6 Å². The molecule has 0 radical (unpaired) electrons. The van der Waals surface area contributed by atoms with Gasteiger partial charge in [-0.1, -0.05) is 12.8 Å². The van der Waals surface area contributed by atoms with Crippen molar-refractivity contribution in [2.75, 3.05) is 26.3 Å². The molecule has 1 heterocycles. The van der Waals surface area contributed by atoms with Crippen LogP contribution < -0.4 is 10.6 Å². The Kier molecular flexibility index (Phi) is 4.76. The van der Waals surface area contributed by atoms with E-state index in [1.54, 1.807) is 0 Å². The van der Waals surface area contributed by atoms with E-state index in [2.05, 4.69) is 10.6 Å². The quantitative estimate of drug-likeness (QED) is 0.630. The Hall–Kier alpha value is -0.650. The number of aliphatic hydroxyl groups is 1. The lowest BCUT2D eigenvalue weighted by Gasteiger charge is -2.24. The molecule has 17 heavy (non-hydrogen) atoms. The lowest BCUT2D eigenvalue weighted by molar-refractivity contribution is -0.126. The second kappa shape index (κ2) is 6.33. The van der Waals surface area contributed by atoms with Crippen molar-refractivity contribution in [1.82, 2.24) is 10.6 Å².